The van der Waals surface area contributed by atoms with Gasteiger partial charge in [-0.1, -0.05) is 29.5 Å². The molecular weight excluding hydrogens is 355 g/mol. The standard InChI is InChI=1S/C18H15FN4O2S/c1-10-15(16(20)24)26-18(21-10)23-17(25)14-7-3-6-13(22-14)9-11-4-2-5-12(19)8-11/h2-8H,9H2,1H3,(H2,20,24)(H,21,23,25). The van der Waals surface area contributed by atoms with Gasteiger partial charge in [-0.05, 0) is 36.8 Å². The van der Waals surface area contributed by atoms with Gasteiger partial charge in [0.15, 0.2) is 5.13 Å². The number of nitrogens with zero attached hydrogens (tertiary/aromatic N) is 2. The van der Waals surface area contributed by atoms with Crippen LogP contribution < -0.4 is 11.1 Å². The van der Waals surface area contributed by atoms with Crippen molar-refractivity contribution in [1.82, 2.24) is 9.97 Å². The van der Waals surface area contributed by atoms with Crippen molar-refractivity contribution in [2.24, 2.45) is 5.73 Å². The Balaban J connectivity index is 1.76. The number of benzene rings is 1. The lowest BCUT2D eigenvalue weighted by molar-refractivity contribution is 0.0999. The van der Waals surface area contributed by atoms with Crippen molar-refractivity contribution >= 4 is 28.3 Å². The first-order chi connectivity index (χ1) is 12.4. The van der Waals surface area contributed by atoms with Gasteiger partial charge in [-0.15, -0.1) is 0 Å². The van der Waals surface area contributed by atoms with E-state index < -0.39 is 11.8 Å². The van der Waals surface area contributed by atoms with E-state index in [4.69, 9.17) is 5.73 Å². The summed E-state index contributed by atoms with van der Waals surface area (Å²) >= 11 is 1.01. The van der Waals surface area contributed by atoms with Crippen molar-refractivity contribution in [3.8, 4) is 0 Å². The number of hydrogen-bond donors (Lipinski definition) is 2. The lowest BCUT2D eigenvalue weighted by atomic mass is 10.1. The minimum absolute atomic E-state index is 0.201. The normalized spacial score (nSPS) is 10.5. The average Bonchev–Trinajstić information content (AvgIpc) is 2.95. The maximum Gasteiger partial charge on any atom is 0.276 e. The SMILES string of the molecule is Cc1nc(NC(=O)c2cccc(Cc3cccc(F)c3)n2)sc1C(N)=O. The third kappa shape index (κ3) is 4.09. The van der Waals surface area contributed by atoms with Crippen molar-refractivity contribution in [3.63, 3.8) is 0 Å². The minimum Gasteiger partial charge on any atom is -0.365 e. The molecule has 6 nitrogen and oxygen atoms in total. The minimum atomic E-state index is -0.587. The Labute approximate surface area is 152 Å². The van der Waals surface area contributed by atoms with Crippen LogP contribution in [0.4, 0.5) is 9.52 Å². The molecule has 0 saturated carbocycles. The molecular formula is C18H15FN4O2S. The molecule has 2 aromatic heterocycles. The largest absolute Gasteiger partial charge is 0.365 e. The highest BCUT2D eigenvalue weighted by atomic mass is 32.1. The number of nitrogens with two attached hydrogens (primary N) is 1. The van der Waals surface area contributed by atoms with Crippen LogP contribution in [-0.2, 0) is 6.42 Å². The summed E-state index contributed by atoms with van der Waals surface area (Å²) in [5.41, 5.74) is 7.31. The number of primary amides is 1. The number of halogens is 1. The smallest absolute Gasteiger partial charge is 0.276 e. The van der Waals surface area contributed by atoms with Crippen LogP contribution in [0.3, 0.4) is 0 Å². The Morgan fingerprint density at radius 2 is 1.96 bits per heavy atom. The van der Waals surface area contributed by atoms with Crippen LogP contribution in [0.2, 0.25) is 0 Å². The molecule has 0 saturated heterocycles. The summed E-state index contributed by atoms with van der Waals surface area (Å²) in [6.45, 7) is 1.64. The van der Waals surface area contributed by atoms with E-state index in [1.165, 1.54) is 12.1 Å². The number of carbonyl (C=O) groups is 2. The van der Waals surface area contributed by atoms with Crippen LogP contribution in [0.1, 0.15) is 37.1 Å². The summed E-state index contributed by atoms with van der Waals surface area (Å²) in [6, 6.07) is 11.3. The van der Waals surface area contributed by atoms with E-state index in [1.807, 2.05) is 0 Å². The van der Waals surface area contributed by atoms with E-state index in [1.54, 1.807) is 37.3 Å². The first-order valence-electron chi connectivity index (χ1n) is 7.71. The van der Waals surface area contributed by atoms with Crippen LogP contribution in [0.15, 0.2) is 42.5 Å². The zero-order valence-corrected chi connectivity index (χ0v) is 14.6. The fraction of sp³-hybridized carbons (Fsp3) is 0.111. The topological polar surface area (TPSA) is 98.0 Å². The Bertz CT molecular complexity index is 987. The van der Waals surface area contributed by atoms with Gasteiger partial charge in [-0.25, -0.2) is 14.4 Å². The molecule has 132 valence electrons. The van der Waals surface area contributed by atoms with E-state index in [0.29, 0.717) is 22.7 Å². The Morgan fingerprint density at radius 3 is 2.65 bits per heavy atom. The molecule has 0 fully saturated rings. The maximum absolute atomic E-state index is 13.3. The third-order valence-electron chi connectivity index (χ3n) is 3.55. The van der Waals surface area contributed by atoms with Gasteiger partial charge in [0.25, 0.3) is 11.8 Å². The van der Waals surface area contributed by atoms with Gasteiger partial charge in [-0.3, -0.25) is 14.9 Å². The lowest BCUT2D eigenvalue weighted by Crippen LogP contribution is -2.14. The van der Waals surface area contributed by atoms with Crippen LogP contribution in [0, 0.1) is 12.7 Å². The molecule has 8 heteroatoms. The number of anilines is 1. The predicted molar refractivity (Wildman–Crippen MR) is 96.8 cm³/mol. The van der Waals surface area contributed by atoms with Crippen LogP contribution >= 0.6 is 11.3 Å². The molecule has 26 heavy (non-hydrogen) atoms. The van der Waals surface area contributed by atoms with Crippen LogP contribution in [0.5, 0.6) is 0 Å². The maximum atomic E-state index is 13.3. The van der Waals surface area contributed by atoms with Gasteiger partial charge in [0.05, 0.1) is 5.69 Å². The molecule has 0 radical (unpaired) electrons. The number of thiazole rings is 1. The molecule has 0 aliphatic rings. The van der Waals surface area contributed by atoms with E-state index in [2.05, 4.69) is 15.3 Å². The number of carbonyl (C=O) groups excluding carboxylic acids is 2. The highest BCUT2D eigenvalue weighted by Crippen LogP contribution is 2.22. The zero-order chi connectivity index (χ0) is 18.7. The summed E-state index contributed by atoms with van der Waals surface area (Å²) in [5.74, 6) is -1.35. The fourth-order valence-corrected chi connectivity index (χ4v) is 3.21. The van der Waals surface area contributed by atoms with Gasteiger partial charge >= 0.3 is 0 Å². The van der Waals surface area contributed by atoms with Gasteiger partial charge in [-0.2, -0.15) is 0 Å². The van der Waals surface area contributed by atoms with Gasteiger partial charge in [0.2, 0.25) is 0 Å². The lowest BCUT2D eigenvalue weighted by Gasteiger charge is -2.05. The van der Waals surface area contributed by atoms with Gasteiger partial charge in [0.1, 0.15) is 16.4 Å². The highest BCUT2D eigenvalue weighted by molar-refractivity contribution is 7.17. The van der Waals surface area contributed by atoms with Crippen molar-refractivity contribution in [2.45, 2.75) is 13.3 Å². The number of pyridine rings is 1. The van der Waals surface area contributed by atoms with E-state index >= 15 is 0 Å². The monoisotopic (exact) mass is 370 g/mol. The molecule has 0 unspecified atom stereocenters. The molecule has 0 bridgehead atoms. The second kappa shape index (κ2) is 7.40. The molecule has 3 rings (SSSR count). The second-order valence-corrected chi connectivity index (χ2v) is 6.57. The Morgan fingerprint density at radius 1 is 1.19 bits per heavy atom. The quantitative estimate of drug-likeness (QED) is 0.721. The van der Waals surface area contributed by atoms with Gasteiger partial charge in [0, 0.05) is 12.1 Å². The van der Waals surface area contributed by atoms with E-state index in [9.17, 15) is 14.0 Å². The third-order valence-corrected chi connectivity index (χ3v) is 4.64. The number of rotatable bonds is 5. The molecule has 0 spiro atoms. The van der Waals surface area contributed by atoms with Crippen molar-refractivity contribution in [3.05, 3.63) is 75.8 Å². The van der Waals surface area contributed by atoms with E-state index in [-0.39, 0.29) is 16.6 Å². The highest BCUT2D eigenvalue weighted by Gasteiger charge is 2.16. The number of amides is 2. The molecule has 0 aliphatic carbocycles. The molecule has 2 amide bonds. The van der Waals surface area contributed by atoms with Crippen molar-refractivity contribution in [1.29, 1.82) is 0 Å². The zero-order valence-electron chi connectivity index (χ0n) is 13.8. The number of aromatic nitrogens is 2. The molecule has 0 atom stereocenters. The molecule has 2 heterocycles. The second-order valence-electron chi connectivity index (χ2n) is 5.57. The Kier molecular flexibility index (Phi) is 5.04. The first kappa shape index (κ1) is 17.7. The predicted octanol–water partition coefficient (Wildman–Crippen LogP) is 2.93. The number of hydrogen-bond acceptors (Lipinski definition) is 5. The van der Waals surface area contributed by atoms with E-state index in [0.717, 1.165) is 16.9 Å². The molecule has 3 N–H and O–H groups in total. The fourth-order valence-electron chi connectivity index (χ4n) is 2.40. The first-order valence-corrected chi connectivity index (χ1v) is 8.53. The summed E-state index contributed by atoms with van der Waals surface area (Å²) in [5, 5.41) is 2.89. The summed E-state index contributed by atoms with van der Waals surface area (Å²) < 4.78 is 13.3. The Hall–Kier alpha value is -3.13. The average molecular weight is 370 g/mol. The van der Waals surface area contributed by atoms with Gasteiger partial charge < -0.3 is 5.73 Å². The van der Waals surface area contributed by atoms with Crippen LogP contribution in [0.25, 0.3) is 0 Å². The summed E-state index contributed by atoms with van der Waals surface area (Å²) in [7, 11) is 0. The van der Waals surface area contributed by atoms with Crippen LogP contribution in [-0.4, -0.2) is 21.8 Å². The molecule has 0 aliphatic heterocycles. The van der Waals surface area contributed by atoms with Crippen molar-refractivity contribution in [2.75, 3.05) is 5.32 Å². The molecule has 3 aromatic rings. The van der Waals surface area contributed by atoms with Crippen molar-refractivity contribution < 1.29 is 14.0 Å². The summed E-state index contributed by atoms with van der Waals surface area (Å²) in [6.07, 6.45) is 0.404. The molecule has 1 aromatic carbocycles. The number of nitrogens with one attached hydrogen (secondary N) is 1. The number of aryl methyl sites for hydroxylation is 1. The summed E-state index contributed by atoms with van der Waals surface area (Å²) in [4.78, 5) is 32.4.